The van der Waals surface area contributed by atoms with Crippen LogP contribution in [0.5, 0.6) is 0 Å². The fraction of sp³-hybridized carbons (Fsp3) is 0.900. The molecule has 0 atom stereocenters. The van der Waals surface area contributed by atoms with E-state index in [-0.39, 0.29) is 6.67 Å². The molecule has 2 fully saturated rings. The van der Waals surface area contributed by atoms with Crippen molar-refractivity contribution in [2.75, 3.05) is 6.67 Å². The minimum Gasteiger partial charge on any atom is -0.247 e. The lowest BCUT2D eigenvalue weighted by Gasteiger charge is -2.37. The first-order valence-corrected chi connectivity index (χ1v) is 9.54. The van der Waals surface area contributed by atoms with Gasteiger partial charge in [-0.25, -0.2) is 4.39 Å². The summed E-state index contributed by atoms with van der Waals surface area (Å²) in [5.41, 5.74) is 0. The van der Waals surface area contributed by atoms with Gasteiger partial charge in [0.1, 0.15) is 6.67 Å². The van der Waals surface area contributed by atoms with Crippen LogP contribution in [0.2, 0.25) is 0 Å². The normalized spacial score (nSPS) is 34.4. The molecular formula is C20H35F. The van der Waals surface area contributed by atoms with Crippen molar-refractivity contribution < 1.29 is 4.39 Å². The predicted octanol–water partition coefficient (Wildman–Crippen LogP) is 6.71. The lowest BCUT2D eigenvalue weighted by atomic mass is 9.68. The zero-order chi connectivity index (χ0) is 14.9. The van der Waals surface area contributed by atoms with E-state index in [1.54, 1.807) is 6.08 Å². The van der Waals surface area contributed by atoms with Crippen molar-refractivity contribution in [2.45, 2.75) is 84.0 Å². The van der Waals surface area contributed by atoms with Crippen molar-refractivity contribution in [2.24, 2.45) is 23.7 Å². The fourth-order valence-electron chi connectivity index (χ4n) is 4.69. The number of hydrogen-bond acceptors (Lipinski definition) is 0. The first-order chi connectivity index (χ1) is 10.3. The van der Waals surface area contributed by atoms with Crippen LogP contribution in [0.3, 0.4) is 0 Å². The number of rotatable bonds is 7. The Balaban J connectivity index is 1.63. The van der Waals surface area contributed by atoms with E-state index in [0.717, 1.165) is 30.1 Å². The molecule has 0 aromatic heterocycles. The average molecular weight is 294 g/mol. The minimum absolute atomic E-state index is 0.295. The van der Waals surface area contributed by atoms with Gasteiger partial charge in [0.25, 0.3) is 0 Å². The maximum Gasteiger partial charge on any atom is 0.108 e. The van der Waals surface area contributed by atoms with Gasteiger partial charge in [0, 0.05) is 0 Å². The van der Waals surface area contributed by atoms with E-state index in [9.17, 15) is 4.39 Å². The lowest BCUT2D eigenvalue weighted by molar-refractivity contribution is 0.143. The van der Waals surface area contributed by atoms with Crippen molar-refractivity contribution in [1.82, 2.24) is 0 Å². The van der Waals surface area contributed by atoms with Crippen molar-refractivity contribution in [1.29, 1.82) is 0 Å². The fourth-order valence-corrected chi connectivity index (χ4v) is 4.69. The van der Waals surface area contributed by atoms with Gasteiger partial charge >= 0.3 is 0 Å². The third-order valence-electron chi connectivity index (χ3n) is 6.14. The molecule has 2 aliphatic rings. The molecule has 0 aliphatic heterocycles. The van der Waals surface area contributed by atoms with Crippen LogP contribution >= 0.6 is 0 Å². The molecule has 0 unspecified atom stereocenters. The topological polar surface area (TPSA) is 0 Å². The molecule has 0 spiro atoms. The molecule has 0 bridgehead atoms. The van der Waals surface area contributed by atoms with Gasteiger partial charge in [-0.15, -0.1) is 0 Å². The Labute approximate surface area is 131 Å². The van der Waals surface area contributed by atoms with Gasteiger partial charge in [-0.3, -0.25) is 0 Å². The lowest BCUT2D eigenvalue weighted by Crippen LogP contribution is -2.25. The second-order valence-electron chi connectivity index (χ2n) is 7.57. The molecule has 0 saturated heterocycles. The second kappa shape index (κ2) is 9.64. The summed E-state index contributed by atoms with van der Waals surface area (Å²) in [6.07, 6.45) is 20.8. The minimum atomic E-state index is -0.295. The molecule has 0 nitrogen and oxygen atoms in total. The van der Waals surface area contributed by atoms with Gasteiger partial charge in [-0.05, 0) is 68.6 Å². The van der Waals surface area contributed by atoms with Crippen molar-refractivity contribution in [3.63, 3.8) is 0 Å². The summed E-state index contributed by atoms with van der Waals surface area (Å²) in [5, 5.41) is 0. The molecule has 0 N–H and O–H groups in total. The highest BCUT2D eigenvalue weighted by atomic mass is 19.1. The molecule has 122 valence electrons. The molecule has 0 radical (unpaired) electrons. The molecule has 0 aromatic rings. The Bertz CT molecular complexity index is 280. The van der Waals surface area contributed by atoms with Crippen LogP contribution in [0.15, 0.2) is 12.2 Å². The highest BCUT2D eigenvalue weighted by Crippen LogP contribution is 2.42. The van der Waals surface area contributed by atoms with Gasteiger partial charge in [0.05, 0.1) is 0 Å². The molecule has 0 amide bonds. The van der Waals surface area contributed by atoms with Gasteiger partial charge in [0.15, 0.2) is 0 Å². The SMILES string of the molecule is CCCCC1CCC(C2CCC(C/C=C/CF)CC2)CC1. The Morgan fingerprint density at radius 2 is 1.38 bits per heavy atom. The quantitative estimate of drug-likeness (QED) is 0.458. The maximum atomic E-state index is 12.1. The zero-order valence-electron chi connectivity index (χ0n) is 14.0. The first-order valence-electron chi connectivity index (χ1n) is 9.54. The van der Waals surface area contributed by atoms with E-state index in [1.807, 2.05) is 0 Å². The average Bonchev–Trinajstić information content (AvgIpc) is 2.54. The van der Waals surface area contributed by atoms with E-state index < -0.39 is 0 Å². The van der Waals surface area contributed by atoms with Gasteiger partial charge in [-0.1, -0.05) is 51.2 Å². The van der Waals surface area contributed by atoms with Crippen molar-refractivity contribution in [3.8, 4) is 0 Å². The van der Waals surface area contributed by atoms with Crippen LogP contribution in [-0.2, 0) is 0 Å². The summed E-state index contributed by atoms with van der Waals surface area (Å²) in [5.74, 6) is 3.93. The van der Waals surface area contributed by atoms with Crippen LogP contribution in [0.4, 0.5) is 4.39 Å². The third kappa shape index (κ3) is 5.75. The summed E-state index contributed by atoms with van der Waals surface area (Å²) < 4.78 is 12.1. The number of alkyl halides is 1. The number of allylic oxidation sites excluding steroid dienone is 2. The Morgan fingerprint density at radius 3 is 1.90 bits per heavy atom. The van der Waals surface area contributed by atoms with E-state index in [2.05, 4.69) is 13.0 Å². The highest BCUT2D eigenvalue weighted by molar-refractivity contribution is 4.87. The monoisotopic (exact) mass is 294 g/mol. The molecule has 2 saturated carbocycles. The van der Waals surface area contributed by atoms with Crippen LogP contribution < -0.4 is 0 Å². The smallest absolute Gasteiger partial charge is 0.108 e. The molecule has 0 heterocycles. The Morgan fingerprint density at radius 1 is 0.810 bits per heavy atom. The van der Waals surface area contributed by atoms with E-state index in [1.165, 1.54) is 70.6 Å². The van der Waals surface area contributed by atoms with Crippen LogP contribution in [0.25, 0.3) is 0 Å². The first kappa shape index (κ1) is 17.0. The Hall–Kier alpha value is -0.330. The molecule has 0 aromatic carbocycles. The zero-order valence-corrected chi connectivity index (χ0v) is 14.0. The van der Waals surface area contributed by atoms with Crippen LogP contribution in [0, 0.1) is 23.7 Å². The summed E-state index contributed by atoms with van der Waals surface area (Å²) in [7, 11) is 0. The molecule has 2 aliphatic carbocycles. The number of halogens is 1. The second-order valence-corrected chi connectivity index (χ2v) is 7.57. The highest BCUT2D eigenvalue weighted by Gasteiger charge is 2.30. The van der Waals surface area contributed by atoms with Crippen molar-refractivity contribution >= 4 is 0 Å². The molecular weight excluding hydrogens is 259 g/mol. The third-order valence-corrected chi connectivity index (χ3v) is 6.14. The maximum absolute atomic E-state index is 12.1. The number of unbranched alkanes of at least 4 members (excludes halogenated alkanes) is 1. The standard InChI is InChI=1S/C20H35F/c1-2-3-6-17-8-12-19(13-9-17)20-14-10-18(11-15-20)7-4-5-16-21/h4-5,17-20H,2-3,6-16H2,1H3/b5-4+. The van der Waals surface area contributed by atoms with Crippen molar-refractivity contribution in [3.05, 3.63) is 12.2 Å². The van der Waals surface area contributed by atoms with Gasteiger partial charge in [0.2, 0.25) is 0 Å². The van der Waals surface area contributed by atoms with Gasteiger partial charge in [-0.2, -0.15) is 0 Å². The van der Waals surface area contributed by atoms with Crippen LogP contribution in [0.1, 0.15) is 84.0 Å². The Kier molecular flexibility index (Phi) is 7.82. The molecule has 1 heteroatoms. The summed E-state index contributed by atoms with van der Waals surface area (Å²) >= 11 is 0. The van der Waals surface area contributed by atoms with Crippen LogP contribution in [-0.4, -0.2) is 6.67 Å². The van der Waals surface area contributed by atoms with E-state index in [0.29, 0.717) is 0 Å². The number of hydrogen-bond donors (Lipinski definition) is 0. The van der Waals surface area contributed by atoms with E-state index in [4.69, 9.17) is 0 Å². The largest absolute Gasteiger partial charge is 0.247 e. The molecule has 2 rings (SSSR count). The predicted molar refractivity (Wildman–Crippen MR) is 90.2 cm³/mol. The summed E-state index contributed by atoms with van der Waals surface area (Å²) in [6, 6.07) is 0. The van der Waals surface area contributed by atoms with Gasteiger partial charge < -0.3 is 0 Å². The molecule has 21 heavy (non-hydrogen) atoms. The summed E-state index contributed by atoms with van der Waals surface area (Å²) in [4.78, 5) is 0. The summed E-state index contributed by atoms with van der Waals surface area (Å²) in [6.45, 7) is 2.02. The van der Waals surface area contributed by atoms with E-state index >= 15 is 0 Å².